The number of thiocarbonyl (C=S) groups is 1. The molecule has 0 unspecified atom stereocenters. The summed E-state index contributed by atoms with van der Waals surface area (Å²) in [7, 11) is 0. The number of hydrogen-bond acceptors (Lipinski definition) is 3. The van der Waals surface area contributed by atoms with Crippen molar-refractivity contribution in [1.29, 1.82) is 0 Å². The zero-order valence-corrected chi connectivity index (χ0v) is 16.4. The Hall–Kier alpha value is -1.85. The Morgan fingerprint density at radius 1 is 1.12 bits per heavy atom. The Balaban J connectivity index is 1.63. The molecule has 1 saturated heterocycles. The Morgan fingerprint density at radius 2 is 1.88 bits per heavy atom. The first kappa shape index (κ1) is 18.9. The molecule has 2 aromatic rings. The fraction of sp³-hybridized carbons (Fsp3) is 0.476. The number of para-hydroxylation sites is 1. The van der Waals surface area contributed by atoms with E-state index in [1.807, 2.05) is 24.3 Å². The highest BCUT2D eigenvalue weighted by atomic mass is 32.1. The second-order valence-electron chi connectivity index (χ2n) is 7.00. The smallest absolute Gasteiger partial charge is 0.173 e. The van der Waals surface area contributed by atoms with Crippen LogP contribution in [0.1, 0.15) is 37.0 Å². The highest BCUT2D eigenvalue weighted by Gasteiger charge is 2.16. The van der Waals surface area contributed by atoms with Crippen LogP contribution in [-0.4, -0.2) is 41.1 Å². The average molecular weight is 372 g/mol. The Morgan fingerprint density at radius 3 is 2.58 bits per heavy atom. The molecule has 1 N–H and O–H groups in total. The van der Waals surface area contributed by atoms with E-state index in [0.717, 1.165) is 29.6 Å². The lowest BCUT2D eigenvalue weighted by Crippen LogP contribution is -2.40. The number of likely N-dealkylation sites (tertiary alicyclic amines) is 1. The first-order valence-corrected chi connectivity index (χ1v) is 9.99. The van der Waals surface area contributed by atoms with Crippen molar-refractivity contribution in [3.8, 4) is 0 Å². The van der Waals surface area contributed by atoms with Gasteiger partial charge in [-0.3, -0.25) is 0 Å². The molecule has 26 heavy (non-hydrogen) atoms. The van der Waals surface area contributed by atoms with Crippen LogP contribution >= 0.6 is 12.2 Å². The molecule has 140 valence electrons. The third kappa shape index (κ3) is 5.58. The molecule has 1 aliphatic rings. The number of hydrogen-bond donors (Lipinski definition) is 1. The minimum absolute atomic E-state index is 0.693. The summed E-state index contributed by atoms with van der Waals surface area (Å²) in [5.41, 5.74) is 2.26. The molecule has 5 heteroatoms. The van der Waals surface area contributed by atoms with E-state index in [2.05, 4.69) is 34.2 Å². The van der Waals surface area contributed by atoms with Crippen LogP contribution in [0.4, 0.5) is 5.69 Å². The summed E-state index contributed by atoms with van der Waals surface area (Å²) in [5.74, 6) is 0.940. The Kier molecular flexibility index (Phi) is 7.09. The van der Waals surface area contributed by atoms with Crippen LogP contribution in [0.2, 0.25) is 0 Å². The van der Waals surface area contributed by atoms with Gasteiger partial charge >= 0.3 is 0 Å². The lowest BCUT2D eigenvalue weighted by Gasteiger charge is -2.29. The van der Waals surface area contributed by atoms with Crippen molar-refractivity contribution in [2.24, 2.45) is 0 Å². The van der Waals surface area contributed by atoms with Gasteiger partial charge in [0.1, 0.15) is 5.76 Å². The molecule has 1 aromatic carbocycles. The quantitative estimate of drug-likeness (QED) is 0.746. The maximum Gasteiger partial charge on any atom is 0.173 e. The van der Waals surface area contributed by atoms with Crippen LogP contribution in [0.15, 0.2) is 47.1 Å². The molecule has 0 atom stereocenters. The lowest BCUT2D eigenvalue weighted by molar-refractivity contribution is 0.247. The summed E-state index contributed by atoms with van der Waals surface area (Å²) < 4.78 is 5.56. The van der Waals surface area contributed by atoms with E-state index in [9.17, 15) is 0 Å². The third-order valence-corrected chi connectivity index (χ3v) is 5.35. The van der Waals surface area contributed by atoms with Crippen molar-refractivity contribution < 1.29 is 4.42 Å². The second kappa shape index (κ2) is 9.74. The normalized spacial score (nSPS) is 15.4. The average Bonchev–Trinajstić information content (AvgIpc) is 3.02. The maximum atomic E-state index is 5.74. The molecule has 1 aliphatic heterocycles. The molecule has 0 amide bonds. The van der Waals surface area contributed by atoms with Crippen LogP contribution in [-0.2, 0) is 6.54 Å². The van der Waals surface area contributed by atoms with Gasteiger partial charge in [0.2, 0.25) is 0 Å². The summed E-state index contributed by atoms with van der Waals surface area (Å²) in [5, 5.41) is 4.18. The van der Waals surface area contributed by atoms with E-state index in [4.69, 9.17) is 16.6 Å². The van der Waals surface area contributed by atoms with Crippen molar-refractivity contribution in [1.82, 2.24) is 9.80 Å². The Bertz CT molecular complexity index is 678. The largest absolute Gasteiger partial charge is 0.467 e. The van der Waals surface area contributed by atoms with Crippen LogP contribution in [0.3, 0.4) is 0 Å². The van der Waals surface area contributed by atoms with Crippen LogP contribution in [0.5, 0.6) is 0 Å². The summed E-state index contributed by atoms with van der Waals surface area (Å²) in [6.45, 7) is 7.13. The van der Waals surface area contributed by atoms with E-state index in [1.54, 1.807) is 6.26 Å². The van der Waals surface area contributed by atoms with Crippen molar-refractivity contribution in [2.45, 2.75) is 39.2 Å². The van der Waals surface area contributed by atoms with Gasteiger partial charge in [-0.15, -0.1) is 0 Å². The van der Waals surface area contributed by atoms with Gasteiger partial charge < -0.3 is 19.5 Å². The zero-order chi connectivity index (χ0) is 18.2. The van der Waals surface area contributed by atoms with Crippen molar-refractivity contribution in [3.63, 3.8) is 0 Å². The predicted molar refractivity (Wildman–Crippen MR) is 111 cm³/mol. The van der Waals surface area contributed by atoms with Crippen molar-refractivity contribution >= 4 is 23.0 Å². The van der Waals surface area contributed by atoms with E-state index >= 15 is 0 Å². The van der Waals surface area contributed by atoms with E-state index in [-0.39, 0.29) is 0 Å². The summed E-state index contributed by atoms with van der Waals surface area (Å²) >= 11 is 5.74. The highest BCUT2D eigenvalue weighted by molar-refractivity contribution is 7.80. The zero-order valence-electron chi connectivity index (χ0n) is 15.6. The topological polar surface area (TPSA) is 31.6 Å². The van der Waals surface area contributed by atoms with Crippen molar-refractivity contribution in [2.75, 3.05) is 31.5 Å². The summed E-state index contributed by atoms with van der Waals surface area (Å²) in [4.78, 5) is 4.78. The monoisotopic (exact) mass is 371 g/mol. The molecule has 1 fully saturated rings. The second-order valence-corrected chi connectivity index (χ2v) is 7.39. The lowest BCUT2D eigenvalue weighted by atomic mass is 10.2. The van der Waals surface area contributed by atoms with Gasteiger partial charge in [-0.2, -0.15) is 0 Å². The van der Waals surface area contributed by atoms with Gasteiger partial charge in [0.15, 0.2) is 5.11 Å². The van der Waals surface area contributed by atoms with Crippen LogP contribution in [0, 0.1) is 6.92 Å². The number of nitrogens with zero attached hydrogens (tertiary/aromatic N) is 2. The van der Waals surface area contributed by atoms with Gasteiger partial charge in [0.05, 0.1) is 12.8 Å². The number of nitrogens with one attached hydrogen (secondary N) is 1. The predicted octanol–water partition coefficient (Wildman–Crippen LogP) is 4.66. The standard InChI is InChI=1S/C21H29N3OS/c1-18-9-4-5-11-20(18)22-21(26)24(17-19-10-8-16-25-19)15-14-23-12-6-2-3-7-13-23/h4-5,8-11,16H,2-3,6-7,12-15,17H2,1H3,(H,22,26). The molecule has 0 saturated carbocycles. The van der Waals surface area contributed by atoms with Gasteiger partial charge in [-0.1, -0.05) is 31.0 Å². The first-order valence-electron chi connectivity index (χ1n) is 9.58. The number of anilines is 1. The number of furan rings is 1. The summed E-state index contributed by atoms with van der Waals surface area (Å²) in [6.07, 6.45) is 7.06. The molecule has 3 rings (SSSR count). The number of rotatable bonds is 6. The summed E-state index contributed by atoms with van der Waals surface area (Å²) in [6, 6.07) is 12.2. The van der Waals surface area contributed by atoms with E-state index in [1.165, 1.54) is 44.3 Å². The molecule has 1 aromatic heterocycles. The van der Waals surface area contributed by atoms with Crippen LogP contribution < -0.4 is 5.32 Å². The first-order chi connectivity index (χ1) is 12.7. The molecule has 0 spiro atoms. The Labute approximate surface area is 162 Å². The van der Waals surface area contributed by atoms with Gasteiger partial charge in [0, 0.05) is 18.8 Å². The number of aryl methyl sites for hydroxylation is 1. The molecular formula is C21H29N3OS. The van der Waals surface area contributed by atoms with Crippen LogP contribution in [0.25, 0.3) is 0 Å². The molecule has 0 radical (unpaired) electrons. The fourth-order valence-electron chi connectivity index (χ4n) is 3.37. The number of benzene rings is 1. The molecular weight excluding hydrogens is 342 g/mol. The fourth-order valence-corrected chi connectivity index (χ4v) is 3.64. The maximum absolute atomic E-state index is 5.74. The minimum Gasteiger partial charge on any atom is -0.467 e. The van der Waals surface area contributed by atoms with E-state index in [0.29, 0.717) is 6.54 Å². The van der Waals surface area contributed by atoms with Gasteiger partial charge in [-0.25, -0.2) is 0 Å². The van der Waals surface area contributed by atoms with Gasteiger partial charge in [0.25, 0.3) is 0 Å². The van der Waals surface area contributed by atoms with Gasteiger partial charge in [-0.05, 0) is 68.8 Å². The minimum atomic E-state index is 0.693. The molecule has 0 bridgehead atoms. The van der Waals surface area contributed by atoms with E-state index < -0.39 is 0 Å². The SMILES string of the molecule is Cc1ccccc1NC(=S)N(CCN1CCCCCC1)Cc1ccco1. The molecule has 2 heterocycles. The molecule has 0 aliphatic carbocycles. The highest BCUT2D eigenvalue weighted by Crippen LogP contribution is 2.16. The van der Waals surface area contributed by atoms with Crippen molar-refractivity contribution in [3.05, 3.63) is 54.0 Å². The molecule has 4 nitrogen and oxygen atoms in total. The third-order valence-electron chi connectivity index (χ3n) is 4.99.